The highest BCUT2D eigenvalue weighted by Gasteiger charge is 2.23. The first-order valence-electron chi connectivity index (χ1n) is 8.89. The molecule has 0 saturated carbocycles. The smallest absolute Gasteiger partial charge is 0.340 e. The zero-order valence-corrected chi connectivity index (χ0v) is 17.0. The maximum Gasteiger partial charge on any atom is 0.340 e. The largest absolute Gasteiger partial charge is 0.462 e. The number of rotatable bonds is 8. The van der Waals surface area contributed by atoms with Crippen LogP contribution in [0.15, 0.2) is 48.5 Å². The molecule has 0 aromatic heterocycles. The molecule has 0 heterocycles. The molecule has 0 spiro atoms. The Morgan fingerprint density at radius 1 is 1.04 bits per heavy atom. The molecule has 0 fully saturated rings. The Bertz CT molecular complexity index is 957. The monoisotopic (exact) mass is 404 g/mol. The number of aryl methyl sites for hydroxylation is 1. The topological polar surface area (TPSA) is 92.8 Å². The third-order valence-corrected chi connectivity index (χ3v) is 5.15. The van der Waals surface area contributed by atoms with Gasteiger partial charge in [0.15, 0.2) is 0 Å². The number of carbonyl (C=O) groups excluding carboxylic acids is 2. The number of anilines is 2. The fourth-order valence-corrected chi connectivity index (χ4v) is 3.62. The normalized spacial score (nSPS) is 11.0. The predicted molar refractivity (Wildman–Crippen MR) is 109 cm³/mol. The molecule has 0 saturated heterocycles. The Kier molecular flexibility index (Phi) is 7.17. The fourth-order valence-electron chi connectivity index (χ4n) is 2.73. The van der Waals surface area contributed by atoms with E-state index in [0.29, 0.717) is 12.1 Å². The van der Waals surface area contributed by atoms with Crippen molar-refractivity contribution in [2.45, 2.75) is 20.3 Å². The number of ether oxygens (including phenoxy) is 1. The molecule has 2 aromatic rings. The Hall–Kier alpha value is -2.87. The number of nitrogens with zero attached hydrogens (tertiary/aromatic N) is 1. The summed E-state index contributed by atoms with van der Waals surface area (Å²) in [5, 5.41) is 2.61. The zero-order chi connectivity index (χ0) is 20.7. The third-order valence-electron chi connectivity index (χ3n) is 4.03. The SMILES string of the molecule is CCOC(=O)c1ccccc1NC(=O)CN(c1ccccc1CC)S(C)(=O)=O. The molecule has 0 aliphatic rings. The van der Waals surface area contributed by atoms with Gasteiger partial charge in [0.2, 0.25) is 15.9 Å². The van der Waals surface area contributed by atoms with Crippen molar-refractivity contribution < 1.29 is 22.7 Å². The lowest BCUT2D eigenvalue weighted by Gasteiger charge is -2.24. The van der Waals surface area contributed by atoms with Gasteiger partial charge >= 0.3 is 5.97 Å². The number of sulfonamides is 1. The van der Waals surface area contributed by atoms with Crippen LogP contribution in [-0.2, 0) is 26.0 Å². The summed E-state index contributed by atoms with van der Waals surface area (Å²) in [4.78, 5) is 24.7. The van der Waals surface area contributed by atoms with Crippen molar-refractivity contribution in [3.63, 3.8) is 0 Å². The van der Waals surface area contributed by atoms with Crippen LogP contribution in [0.2, 0.25) is 0 Å². The van der Waals surface area contributed by atoms with Crippen molar-refractivity contribution in [1.82, 2.24) is 0 Å². The van der Waals surface area contributed by atoms with Crippen LogP contribution in [0.25, 0.3) is 0 Å². The van der Waals surface area contributed by atoms with Crippen LogP contribution in [0.4, 0.5) is 11.4 Å². The highest BCUT2D eigenvalue weighted by molar-refractivity contribution is 7.92. The fraction of sp³-hybridized carbons (Fsp3) is 0.300. The van der Waals surface area contributed by atoms with E-state index in [2.05, 4.69) is 5.32 Å². The van der Waals surface area contributed by atoms with Gasteiger partial charge in [0.1, 0.15) is 6.54 Å². The Morgan fingerprint density at radius 3 is 2.32 bits per heavy atom. The van der Waals surface area contributed by atoms with E-state index in [1.807, 2.05) is 19.1 Å². The quantitative estimate of drug-likeness (QED) is 0.683. The summed E-state index contributed by atoms with van der Waals surface area (Å²) in [5.74, 6) is -1.12. The standard InChI is InChI=1S/C20H24N2O5S/c1-4-15-10-6-9-13-18(15)22(28(3,25)26)14-19(23)21-17-12-8-7-11-16(17)20(24)27-5-2/h6-13H,4-5,14H2,1-3H3,(H,21,23). The molecule has 1 N–H and O–H groups in total. The van der Waals surface area contributed by atoms with Gasteiger partial charge in [0.25, 0.3) is 0 Å². The number of hydrogen-bond acceptors (Lipinski definition) is 5. The van der Waals surface area contributed by atoms with Gasteiger partial charge in [-0.1, -0.05) is 37.3 Å². The van der Waals surface area contributed by atoms with Gasteiger partial charge in [-0.2, -0.15) is 0 Å². The minimum atomic E-state index is -3.69. The van der Waals surface area contributed by atoms with Crippen LogP contribution < -0.4 is 9.62 Å². The average molecular weight is 404 g/mol. The number of nitrogens with one attached hydrogen (secondary N) is 1. The van der Waals surface area contributed by atoms with Crippen LogP contribution in [0.1, 0.15) is 29.8 Å². The second-order valence-corrected chi connectivity index (χ2v) is 7.97. The summed E-state index contributed by atoms with van der Waals surface area (Å²) < 4.78 is 30.7. The van der Waals surface area contributed by atoms with Crippen molar-refractivity contribution in [3.05, 3.63) is 59.7 Å². The lowest BCUT2D eigenvalue weighted by atomic mass is 10.1. The van der Waals surface area contributed by atoms with E-state index in [1.54, 1.807) is 37.3 Å². The molecule has 0 aliphatic carbocycles. The molecule has 2 rings (SSSR count). The Balaban J connectivity index is 2.28. The number of carbonyl (C=O) groups is 2. The molecule has 0 aliphatic heterocycles. The molecule has 0 radical (unpaired) electrons. The first-order chi connectivity index (χ1) is 13.3. The molecule has 0 bridgehead atoms. The first-order valence-corrected chi connectivity index (χ1v) is 10.7. The third kappa shape index (κ3) is 5.32. The van der Waals surface area contributed by atoms with E-state index in [-0.39, 0.29) is 17.9 Å². The highest BCUT2D eigenvalue weighted by atomic mass is 32.2. The highest BCUT2D eigenvalue weighted by Crippen LogP contribution is 2.24. The van der Waals surface area contributed by atoms with Crippen molar-refractivity contribution in [1.29, 1.82) is 0 Å². The van der Waals surface area contributed by atoms with Crippen LogP contribution in [-0.4, -0.2) is 39.7 Å². The molecule has 0 atom stereocenters. The number of hydrogen-bond donors (Lipinski definition) is 1. The van der Waals surface area contributed by atoms with Crippen molar-refractivity contribution in [2.75, 3.05) is 29.0 Å². The molecule has 8 heteroatoms. The van der Waals surface area contributed by atoms with Gasteiger partial charge in [-0.3, -0.25) is 9.10 Å². The van der Waals surface area contributed by atoms with Crippen LogP contribution in [0, 0.1) is 0 Å². The molecule has 0 unspecified atom stereocenters. The molecule has 150 valence electrons. The molecule has 28 heavy (non-hydrogen) atoms. The second-order valence-electron chi connectivity index (χ2n) is 6.07. The minimum Gasteiger partial charge on any atom is -0.462 e. The molecule has 1 amide bonds. The zero-order valence-electron chi connectivity index (χ0n) is 16.1. The maximum atomic E-state index is 12.6. The summed E-state index contributed by atoms with van der Waals surface area (Å²) in [6.07, 6.45) is 1.68. The Morgan fingerprint density at radius 2 is 1.68 bits per heavy atom. The summed E-state index contributed by atoms with van der Waals surface area (Å²) >= 11 is 0. The van der Waals surface area contributed by atoms with E-state index < -0.39 is 28.4 Å². The average Bonchev–Trinajstić information content (AvgIpc) is 2.66. The number of amides is 1. The number of benzene rings is 2. The molecular weight excluding hydrogens is 380 g/mol. The summed E-state index contributed by atoms with van der Waals surface area (Å²) in [7, 11) is -3.69. The summed E-state index contributed by atoms with van der Waals surface area (Å²) in [6, 6.07) is 13.4. The van der Waals surface area contributed by atoms with Crippen molar-refractivity contribution in [3.8, 4) is 0 Å². The van der Waals surface area contributed by atoms with E-state index in [9.17, 15) is 18.0 Å². The maximum absolute atomic E-state index is 12.6. The van der Waals surface area contributed by atoms with E-state index >= 15 is 0 Å². The number of esters is 1. The van der Waals surface area contributed by atoms with Crippen molar-refractivity contribution >= 4 is 33.3 Å². The van der Waals surface area contributed by atoms with Crippen LogP contribution in [0.5, 0.6) is 0 Å². The van der Waals surface area contributed by atoms with Gasteiger partial charge < -0.3 is 10.1 Å². The molecular formula is C20H24N2O5S. The van der Waals surface area contributed by atoms with Crippen LogP contribution in [0.3, 0.4) is 0 Å². The first kappa shape index (κ1) is 21.4. The van der Waals surface area contributed by atoms with Gasteiger partial charge in [-0.25, -0.2) is 13.2 Å². The van der Waals surface area contributed by atoms with Gasteiger partial charge in [0.05, 0.1) is 29.8 Å². The lowest BCUT2D eigenvalue weighted by molar-refractivity contribution is -0.114. The number of para-hydroxylation sites is 2. The summed E-state index contributed by atoms with van der Waals surface area (Å²) in [6.45, 7) is 3.40. The van der Waals surface area contributed by atoms with Gasteiger partial charge in [0, 0.05) is 0 Å². The van der Waals surface area contributed by atoms with Gasteiger partial charge in [-0.15, -0.1) is 0 Å². The van der Waals surface area contributed by atoms with Crippen LogP contribution >= 0.6 is 0 Å². The van der Waals surface area contributed by atoms with E-state index in [0.717, 1.165) is 16.1 Å². The minimum absolute atomic E-state index is 0.205. The van der Waals surface area contributed by atoms with Crippen molar-refractivity contribution in [2.24, 2.45) is 0 Å². The summed E-state index contributed by atoms with van der Waals surface area (Å²) in [5.41, 5.74) is 1.75. The van der Waals surface area contributed by atoms with E-state index in [1.165, 1.54) is 6.07 Å². The molecule has 2 aromatic carbocycles. The van der Waals surface area contributed by atoms with E-state index in [4.69, 9.17) is 4.74 Å². The Labute approximate surface area is 165 Å². The predicted octanol–water partition coefficient (Wildman–Crippen LogP) is 2.83. The lowest BCUT2D eigenvalue weighted by Crippen LogP contribution is -2.38. The molecule has 7 nitrogen and oxygen atoms in total. The van der Waals surface area contributed by atoms with Gasteiger partial charge in [-0.05, 0) is 37.1 Å². The second kappa shape index (κ2) is 9.36.